The zero-order valence-corrected chi connectivity index (χ0v) is 13.8. The Balaban J connectivity index is 1.54. The highest BCUT2D eigenvalue weighted by atomic mass is 16.5. The van der Waals surface area contributed by atoms with Crippen molar-refractivity contribution in [2.75, 3.05) is 19.0 Å². The van der Waals surface area contributed by atoms with Crippen molar-refractivity contribution in [3.8, 4) is 5.82 Å². The number of rotatable bonds is 6. The van der Waals surface area contributed by atoms with Gasteiger partial charge in [-0.15, -0.1) is 0 Å². The second-order valence-corrected chi connectivity index (χ2v) is 5.35. The molecule has 7 nitrogen and oxygen atoms in total. The maximum atomic E-state index is 12.1. The van der Waals surface area contributed by atoms with Gasteiger partial charge in [-0.1, -0.05) is 30.3 Å². The van der Waals surface area contributed by atoms with Gasteiger partial charge in [0.25, 0.3) is 0 Å². The summed E-state index contributed by atoms with van der Waals surface area (Å²) in [6, 6.07) is 13.0. The molecule has 0 saturated heterocycles. The summed E-state index contributed by atoms with van der Waals surface area (Å²) in [5.74, 6) is 0.729. The smallest absolute Gasteiger partial charge is 0.319 e. The van der Waals surface area contributed by atoms with Crippen LogP contribution < -0.4 is 10.6 Å². The fraction of sp³-hybridized carbons (Fsp3) is 0.167. The van der Waals surface area contributed by atoms with Crippen molar-refractivity contribution >= 4 is 11.7 Å². The van der Waals surface area contributed by atoms with E-state index in [0.717, 1.165) is 11.4 Å². The van der Waals surface area contributed by atoms with Crippen molar-refractivity contribution in [3.05, 3.63) is 72.9 Å². The Morgan fingerprint density at radius 3 is 2.72 bits per heavy atom. The number of amides is 2. The minimum Gasteiger partial charge on any atom is -0.375 e. The fourth-order valence-corrected chi connectivity index (χ4v) is 2.37. The first-order valence-electron chi connectivity index (χ1n) is 7.83. The number of methoxy groups -OCH3 is 1. The molecule has 0 aliphatic carbocycles. The molecule has 0 unspecified atom stereocenters. The van der Waals surface area contributed by atoms with E-state index < -0.39 is 0 Å². The van der Waals surface area contributed by atoms with E-state index in [1.165, 1.54) is 0 Å². The number of carbonyl (C=O) groups excluding carboxylic acids is 1. The normalized spacial score (nSPS) is 11.7. The second-order valence-electron chi connectivity index (χ2n) is 5.35. The van der Waals surface area contributed by atoms with Gasteiger partial charge in [-0.25, -0.2) is 14.8 Å². The molecule has 128 valence electrons. The maximum Gasteiger partial charge on any atom is 0.319 e. The van der Waals surface area contributed by atoms with E-state index in [-0.39, 0.29) is 12.1 Å². The van der Waals surface area contributed by atoms with Crippen molar-refractivity contribution in [2.24, 2.45) is 0 Å². The van der Waals surface area contributed by atoms with Crippen LogP contribution in [-0.4, -0.2) is 34.2 Å². The number of urea groups is 1. The molecule has 1 atom stereocenters. The zero-order valence-electron chi connectivity index (χ0n) is 13.8. The molecule has 7 heteroatoms. The van der Waals surface area contributed by atoms with Gasteiger partial charge in [0, 0.05) is 26.0 Å². The van der Waals surface area contributed by atoms with Gasteiger partial charge in [0.1, 0.15) is 12.1 Å². The number of pyridine rings is 1. The third kappa shape index (κ3) is 4.42. The lowest BCUT2D eigenvalue weighted by molar-refractivity contribution is 0.104. The molecule has 0 fully saturated rings. The minimum atomic E-state index is -0.310. The summed E-state index contributed by atoms with van der Waals surface area (Å²) >= 11 is 0. The lowest BCUT2D eigenvalue weighted by atomic mass is 10.1. The SMILES string of the molecule is CO[C@H](CNC(=O)Nc1ccc(-n2ccnc2)nc1)c1ccccc1. The molecular formula is C18H19N5O2. The van der Waals surface area contributed by atoms with Gasteiger partial charge in [-0.2, -0.15) is 0 Å². The van der Waals surface area contributed by atoms with E-state index >= 15 is 0 Å². The largest absolute Gasteiger partial charge is 0.375 e. The molecule has 2 aromatic heterocycles. The molecule has 25 heavy (non-hydrogen) atoms. The van der Waals surface area contributed by atoms with Crippen molar-refractivity contribution < 1.29 is 9.53 Å². The monoisotopic (exact) mass is 337 g/mol. The van der Waals surface area contributed by atoms with E-state index in [9.17, 15) is 4.79 Å². The van der Waals surface area contributed by atoms with Gasteiger partial charge in [0.2, 0.25) is 0 Å². The van der Waals surface area contributed by atoms with Gasteiger partial charge in [-0.05, 0) is 17.7 Å². The van der Waals surface area contributed by atoms with E-state index in [1.807, 2.05) is 30.3 Å². The highest BCUT2D eigenvalue weighted by Crippen LogP contribution is 2.15. The first kappa shape index (κ1) is 16.7. The molecule has 1 aromatic carbocycles. The Bertz CT molecular complexity index is 788. The van der Waals surface area contributed by atoms with Gasteiger partial charge in [0.15, 0.2) is 0 Å². The first-order valence-corrected chi connectivity index (χ1v) is 7.83. The van der Waals surface area contributed by atoms with Crippen LogP contribution in [-0.2, 0) is 4.74 Å². The van der Waals surface area contributed by atoms with Crippen molar-refractivity contribution in [3.63, 3.8) is 0 Å². The summed E-state index contributed by atoms with van der Waals surface area (Å²) in [6.45, 7) is 0.368. The van der Waals surface area contributed by atoms with Crippen LogP contribution in [0.25, 0.3) is 5.82 Å². The minimum absolute atomic E-state index is 0.200. The molecule has 0 aliphatic heterocycles. The molecule has 2 heterocycles. The topological polar surface area (TPSA) is 81.1 Å². The summed E-state index contributed by atoms with van der Waals surface area (Å²) in [5, 5.41) is 5.56. The molecule has 3 aromatic rings. The number of nitrogens with one attached hydrogen (secondary N) is 2. The predicted molar refractivity (Wildman–Crippen MR) is 94.6 cm³/mol. The average Bonchev–Trinajstić information content (AvgIpc) is 3.18. The number of nitrogens with zero attached hydrogens (tertiary/aromatic N) is 3. The van der Waals surface area contributed by atoms with E-state index in [2.05, 4.69) is 20.6 Å². The average molecular weight is 337 g/mol. The molecule has 2 N–H and O–H groups in total. The number of ether oxygens (including phenoxy) is 1. The van der Waals surface area contributed by atoms with Gasteiger partial charge >= 0.3 is 6.03 Å². The molecule has 2 amide bonds. The Labute approximate surface area is 145 Å². The van der Waals surface area contributed by atoms with Crippen molar-refractivity contribution in [2.45, 2.75) is 6.10 Å². The molecule has 0 saturated carbocycles. The number of carbonyl (C=O) groups is 1. The van der Waals surface area contributed by atoms with Crippen LogP contribution in [0, 0.1) is 0 Å². The van der Waals surface area contributed by atoms with Crippen LogP contribution in [0.15, 0.2) is 67.4 Å². The van der Waals surface area contributed by atoms with Crippen molar-refractivity contribution in [1.82, 2.24) is 19.9 Å². The summed E-state index contributed by atoms with van der Waals surface area (Å²) < 4.78 is 7.22. The first-order chi connectivity index (χ1) is 12.3. The van der Waals surface area contributed by atoms with Crippen molar-refractivity contribution in [1.29, 1.82) is 0 Å². The quantitative estimate of drug-likeness (QED) is 0.725. The second kappa shape index (κ2) is 8.07. The zero-order chi connectivity index (χ0) is 17.5. The standard InChI is InChI=1S/C18H19N5O2/c1-25-16(14-5-3-2-4-6-14)12-21-18(24)22-15-7-8-17(20-11-15)23-10-9-19-13-23/h2-11,13,16H,12H2,1H3,(H2,21,22,24)/t16-/m1/s1. The van der Waals surface area contributed by atoms with E-state index in [1.54, 1.807) is 48.7 Å². The molecule has 0 aliphatic rings. The van der Waals surface area contributed by atoms with E-state index in [4.69, 9.17) is 4.74 Å². The van der Waals surface area contributed by atoms with Gasteiger partial charge in [0.05, 0.1) is 18.0 Å². The summed E-state index contributed by atoms with van der Waals surface area (Å²) in [7, 11) is 1.62. The number of aromatic nitrogens is 3. The third-order valence-electron chi connectivity index (χ3n) is 3.68. The predicted octanol–water partition coefficient (Wildman–Crippen LogP) is 2.78. The highest BCUT2D eigenvalue weighted by molar-refractivity contribution is 5.89. The summed E-state index contributed by atoms with van der Waals surface area (Å²) in [4.78, 5) is 20.3. The van der Waals surface area contributed by atoms with Crippen LogP contribution in [0.4, 0.5) is 10.5 Å². The van der Waals surface area contributed by atoms with Crippen LogP contribution in [0.5, 0.6) is 0 Å². The van der Waals surface area contributed by atoms with Gasteiger partial charge < -0.3 is 15.4 Å². The number of hydrogen-bond donors (Lipinski definition) is 2. The number of anilines is 1. The van der Waals surface area contributed by atoms with E-state index in [0.29, 0.717) is 12.2 Å². The molecule has 0 spiro atoms. The lowest BCUT2D eigenvalue weighted by Gasteiger charge is -2.16. The molecule has 3 rings (SSSR count). The van der Waals surface area contributed by atoms with Crippen LogP contribution in [0.3, 0.4) is 0 Å². The fourth-order valence-electron chi connectivity index (χ4n) is 2.37. The third-order valence-corrected chi connectivity index (χ3v) is 3.68. The number of imidazole rings is 1. The number of benzene rings is 1. The number of hydrogen-bond acceptors (Lipinski definition) is 4. The molecule has 0 radical (unpaired) electrons. The Morgan fingerprint density at radius 1 is 1.24 bits per heavy atom. The van der Waals surface area contributed by atoms with Crippen LogP contribution in [0.2, 0.25) is 0 Å². The van der Waals surface area contributed by atoms with Crippen LogP contribution >= 0.6 is 0 Å². The molecular weight excluding hydrogens is 318 g/mol. The Morgan fingerprint density at radius 2 is 2.08 bits per heavy atom. The maximum absolute atomic E-state index is 12.1. The highest BCUT2D eigenvalue weighted by Gasteiger charge is 2.11. The Hall–Kier alpha value is -3.19. The van der Waals surface area contributed by atoms with Gasteiger partial charge in [-0.3, -0.25) is 4.57 Å². The summed E-state index contributed by atoms with van der Waals surface area (Å²) in [5.41, 5.74) is 1.62. The Kier molecular flexibility index (Phi) is 5.38. The summed E-state index contributed by atoms with van der Waals surface area (Å²) in [6.07, 6.45) is 6.54. The molecule has 0 bridgehead atoms. The van der Waals surface area contributed by atoms with Crippen LogP contribution in [0.1, 0.15) is 11.7 Å². The lowest BCUT2D eigenvalue weighted by Crippen LogP contribution is -2.33.